The fourth-order valence-corrected chi connectivity index (χ4v) is 2.47. The third kappa shape index (κ3) is 2.26. The molecule has 0 N–H and O–H groups in total. The monoisotopic (exact) mass is 204 g/mol. The van der Waals surface area contributed by atoms with Gasteiger partial charge in [-0.25, -0.2) is 0 Å². The molecule has 0 radical (unpaired) electrons. The summed E-state index contributed by atoms with van der Waals surface area (Å²) in [6, 6.07) is 9.47. The van der Waals surface area contributed by atoms with Gasteiger partial charge in [0.2, 0.25) is 5.12 Å². The first-order valence-electron chi connectivity index (χ1n) is 4.79. The summed E-state index contributed by atoms with van der Waals surface area (Å²) in [5.74, 6) is 0. The average molecular weight is 204 g/mol. The smallest absolute Gasteiger partial charge is 0.219 e. The molecule has 72 valence electrons. The summed E-state index contributed by atoms with van der Waals surface area (Å²) in [7, 11) is 0. The van der Waals surface area contributed by atoms with Crippen LogP contribution >= 0.6 is 11.8 Å². The van der Waals surface area contributed by atoms with Gasteiger partial charge in [-0.1, -0.05) is 54.2 Å². The fraction of sp³-hybridized carbons (Fsp3) is 0.250. The van der Waals surface area contributed by atoms with Gasteiger partial charge >= 0.3 is 0 Å². The molecular formula is C12H12OS. The Hall–Kier alpha value is -1.02. The zero-order valence-electron chi connectivity index (χ0n) is 7.85. The van der Waals surface area contributed by atoms with Crippen molar-refractivity contribution in [1.29, 1.82) is 0 Å². The summed E-state index contributed by atoms with van der Waals surface area (Å²) in [6.45, 7) is 0. The van der Waals surface area contributed by atoms with E-state index >= 15 is 0 Å². The summed E-state index contributed by atoms with van der Waals surface area (Å²) in [6.07, 6.45) is 6.49. The highest BCUT2D eigenvalue weighted by Gasteiger charge is 2.15. The molecule has 0 saturated heterocycles. The molecule has 0 unspecified atom stereocenters. The van der Waals surface area contributed by atoms with Crippen molar-refractivity contribution in [1.82, 2.24) is 0 Å². The van der Waals surface area contributed by atoms with Gasteiger partial charge in [0.1, 0.15) is 0 Å². The molecule has 0 fully saturated rings. The van der Waals surface area contributed by atoms with Crippen LogP contribution in [0.25, 0.3) is 0 Å². The van der Waals surface area contributed by atoms with Crippen LogP contribution in [0.15, 0.2) is 42.5 Å². The highest BCUT2D eigenvalue weighted by molar-refractivity contribution is 8.14. The van der Waals surface area contributed by atoms with E-state index < -0.39 is 0 Å². The second kappa shape index (κ2) is 4.47. The Morgan fingerprint density at radius 2 is 2.07 bits per heavy atom. The summed E-state index contributed by atoms with van der Waals surface area (Å²) in [4.78, 5) is 11.7. The zero-order chi connectivity index (χ0) is 9.80. The molecule has 0 spiro atoms. The largest absolute Gasteiger partial charge is 0.282 e. The van der Waals surface area contributed by atoms with E-state index in [0.29, 0.717) is 5.25 Å². The van der Waals surface area contributed by atoms with Gasteiger partial charge in [0.05, 0.1) is 0 Å². The maximum absolute atomic E-state index is 11.7. The number of carbonyl (C=O) groups excluding carboxylic acids is 1. The minimum absolute atomic E-state index is 0.183. The lowest BCUT2D eigenvalue weighted by Gasteiger charge is -2.05. The molecule has 1 aromatic carbocycles. The lowest BCUT2D eigenvalue weighted by Crippen LogP contribution is -2.01. The molecule has 1 aliphatic carbocycles. The number of rotatable bonds is 2. The molecule has 0 aromatic heterocycles. The number of carbonyl (C=O) groups is 1. The normalized spacial score (nSPS) is 19.9. The van der Waals surface area contributed by atoms with Gasteiger partial charge in [0, 0.05) is 10.8 Å². The first-order valence-corrected chi connectivity index (χ1v) is 5.67. The average Bonchev–Trinajstić information content (AvgIpc) is 2.72. The van der Waals surface area contributed by atoms with Crippen molar-refractivity contribution in [3.8, 4) is 0 Å². The molecular weight excluding hydrogens is 192 g/mol. The SMILES string of the molecule is O=C(S[C@@H]1C=CCC1)c1ccccc1. The Morgan fingerprint density at radius 3 is 2.71 bits per heavy atom. The predicted molar refractivity (Wildman–Crippen MR) is 60.5 cm³/mol. The van der Waals surface area contributed by atoms with E-state index in [0.717, 1.165) is 18.4 Å². The maximum atomic E-state index is 11.7. The quantitative estimate of drug-likeness (QED) is 0.688. The van der Waals surface area contributed by atoms with E-state index in [9.17, 15) is 4.79 Å². The molecule has 1 aromatic rings. The van der Waals surface area contributed by atoms with E-state index in [1.54, 1.807) is 0 Å². The van der Waals surface area contributed by atoms with Crippen LogP contribution in [-0.2, 0) is 0 Å². The van der Waals surface area contributed by atoms with Crippen molar-refractivity contribution in [2.45, 2.75) is 18.1 Å². The van der Waals surface area contributed by atoms with Gasteiger partial charge in [0.15, 0.2) is 0 Å². The molecule has 0 bridgehead atoms. The van der Waals surface area contributed by atoms with Crippen LogP contribution in [0.1, 0.15) is 23.2 Å². The lowest BCUT2D eigenvalue weighted by atomic mass is 10.2. The van der Waals surface area contributed by atoms with Crippen LogP contribution < -0.4 is 0 Å². The van der Waals surface area contributed by atoms with Crippen molar-refractivity contribution in [3.63, 3.8) is 0 Å². The summed E-state index contributed by atoms with van der Waals surface area (Å²) in [5.41, 5.74) is 0.804. The van der Waals surface area contributed by atoms with Crippen LogP contribution in [0, 0.1) is 0 Å². The molecule has 0 saturated carbocycles. The van der Waals surface area contributed by atoms with Crippen molar-refractivity contribution < 1.29 is 4.79 Å². The highest BCUT2D eigenvalue weighted by atomic mass is 32.2. The Kier molecular flexibility index (Phi) is 3.04. The predicted octanol–water partition coefficient (Wildman–Crippen LogP) is 3.28. The third-order valence-electron chi connectivity index (χ3n) is 2.24. The topological polar surface area (TPSA) is 17.1 Å². The van der Waals surface area contributed by atoms with E-state index in [4.69, 9.17) is 0 Å². The minimum Gasteiger partial charge on any atom is -0.282 e. The van der Waals surface area contributed by atoms with Crippen LogP contribution in [0.5, 0.6) is 0 Å². The Morgan fingerprint density at radius 1 is 1.29 bits per heavy atom. The molecule has 0 heterocycles. The van der Waals surface area contributed by atoms with Crippen molar-refractivity contribution in [3.05, 3.63) is 48.0 Å². The van der Waals surface area contributed by atoms with Gasteiger partial charge < -0.3 is 0 Å². The highest BCUT2D eigenvalue weighted by Crippen LogP contribution is 2.26. The van der Waals surface area contributed by atoms with Gasteiger partial charge in [-0.2, -0.15) is 0 Å². The zero-order valence-corrected chi connectivity index (χ0v) is 8.67. The number of hydrogen-bond donors (Lipinski definition) is 0. The standard InChI is InChI=1S/C12H12OS/c13-12(10-6-2-1-3-7-10)14-11-8-4-5-9-11/h1-4,6-8,11H,5,9H2/t11-/m1/s1. The first-order chi connectivity index (χ1) is 6.86. The van der Waals surface area contributed by atoms with Crippen LogP contribution in [-0.4, -0.2) is 10.4 Å². The van der Waals surface area contributed by atoms with Gasteiger partial charge in [0.25, 0.3) is 0 Å². The van der Waals surface area contributed by atoms with E-state index in [-0.39, 0.29) is 5.12 Å². The third-order valence-corrected chi connectivity index (χ3v) is 3.38. The van der Waals surface area contributed by atoms with Crippen LogP contribution in [0.2, 0.25) is 0 Å². The molecule has 2 rings (SSSR count). The summed E-state index contributed by atoms with van der Waals surface area (Å²) >= 11 is 1.43. The molecule has 2 heteroatoms. The molecule has 14 heavy (non-hydrogen) atoms. The van der Waals surface area contributed by atoms with Crippen LogP contribution in [0.3, 0.4) is 0 Å². The van der Waals surface area contributed by atoms with E-state index in [1.165, 1.54) is 11.8 Å². The van der Waals surface area contributed by atoms with Crippen molar-refractivity contribution in [2.24, 2.45) is 0 Å². The Bertz CT molecular complexity index is 343. The van der Waals surface area contributed by atoms with E-state index in [1.807, 2.05) is 30.3 Å². The molecule has 1 nitrogen and oxygen atoms in total. The maximum Gasteiger partial charge on any atom is 0.219 e. The molecule has 0 amide bonds. The summed E-state index contributed by atoms with van der Waals surface area (Å²) < 4.78 is 0. The first kappa shape index (κ1) is 9.53. The number of thioether (sulfide) groups is 1. The van der Waals surface area contributed by atoms with Crippen LogP contribution in [0.4, 0.5) is 0 Å². The fourth-order valence-electron chi connectivity index (χ4n) is 1.48. The lowest BCUT2D eigenvalue weighted by molar-refractivity contribution is 0.108. The number of hydrogen-bond acceptors (Lipinski definition) is 2. The van der Waals surface area contributed by atoms with Gasteiger partial charge in [-0.15, -0.1) is 0 Å². The van der Waals surface area contributed by atoms with Gasteiger partial charge in [-0.3, -0.25) is 4.79 Å². The van der Waals surface area contributed by atoms with Gasteiger partial charge in [-0.05, 0) is 12.8 Å². The van der Waals surface area contributed by atoms with Crippen molar-refractivity contribution in [2.75, 3.05) is 0 Å². The second-order valence-corrected chi connectivity index (χ2v) is 4.53. The number of allylic oxidation sites excluding steroid dienone is 1. The molecule has 1 aliphatic rings. The second-order valence-electron chi connectivity index (χ2n) is 3.32. The number of benzene rings is 1. The molecule has 0 aliphatic heterocycles. The summed E-state index contributed by atoms with van der Waals surface area (Å²) in [5, 5.41) is 0.574. The Labute approximate surface area is 88.2 Å². The Balaban J connectivity index is 1.99. The van der Waals surface area contributed by atoms with Crippen molar-refractivity contribution >= 4 is 16.9 Å². The minimum atomic E-state index is 0.183. The van der Waals surface area contributed by atoms with E-state index in [2.05, 4.69) is 12.2 Å². The molecule has 1 atom stereocenters.